The van der Waals surface area contributed by atoms with Gasteiger partial charge in [-0.05, 0) is 17.5 Å². The summed E-state index contributed by atoms with van der Waals surface area (Å²) in [6.45, 7) is 1.79. The molecule has 0 aliphatic heterocycles. The molecule has 106 valence electrons. The van der Waals surface area contributed by atoms with E-state index in [4.69, 9.17) is 0 Å². The molecule has 0 saturated carbocycles. The molecule has 0 fully saturated rings. The maximum absolute atomic E-state index is 11.2. The Labute approximate surface area is 120 Å². The van der Waals surface area contributed by atoms with E-state index < -0.39 is 9.85 Å². The van der Waals surface area contributed by atoms with Gasteiger partial charge in [0.15, 0.2) is 0 Å². The first kappa shape index (κ1) is 13.2. The smallest absolute Gasteiger partial charge is 0.258 e. The molecule has 2 aromatic rings. The fraction of sp³-hybridized carbons (Fsp3) is 0.200. The molecule has 0 unspecified atom stereocenters. The second-order valence-corrected chi connectivity index (χ2v) is 5.11. The van der Waals surface area contributed by atoms with Gasteiger partial charge in [0.05, 0.1) is 9.85 Å². The van der Waals surface area contributed by atoms with Crippen LogP contribution in [0.4, 0.5) is 11.4 Å². The van der Waals surface area contributed by atoms with Crippen molar-refractivity contribution in [3.8, 4) is 0 Å². The molecule has 2 aromatic carbocycles. The fourth-order valence-electron chi connectivity index (χ4n) is 3.18. The normalized spacial score (nSPS) is 13.4. The van der Waals surface area contributed by atoms with Crippen LogP contribution in [0.15, 0.2) is 36.4 Å². The van der Waals surface area contributed by atoms with Gasteiger partial charge < -0.3 is 0 Å². The minimum absolute atomic E-state index is 0.0313. The first-order valence-electron chi connectivity index (χ1n) is 6.53. The minimum Gasteiger partial charge on any atom is -0.258 e. The van der Waals surface area contributed by atoms with Crippen LogP contribution in [-0.2, 0) is 6.42 Å². The number of hydrogen-bond donors (Lipinski definition) is 0. The van der Waals surface area contributed by atoms with Crippen LogP contribution >= 0.6 is 0 Å². The molecule has 0 radical (unpaired) electrons. The summed E-state index contributed by atoms with van der Waals surface area (Å²) in [5.74, 6) is -0.369. The van der Waals surface area contributed by atoms with Crippen LogP contribution in [-0.4, -0.2) is 9.85 Å². The van der Waals surface area contributed by atoms with Crippen molar-refractivity contribution in [2.75, 3.05) is 0 Å². The Hall–Kier alpha value is -2.76. The maximum Gasteiger partial charge on any atom is 0.273 e. The van der Waals surface area contributed by atoms with E-state index in [0.717, 1.165) is 11.1 Å². The summed E-state index contributed by atoms with van der Waals surface area (Å²) in [7, 11) is 0. The molecule has 6 nitrogen and oxygen atoms in total. The monoisotopic (exact) mass is 284 g/mol. The molecular weight excluding hydrogens is 272 g/mol. The van der Waals surface area contributed by atoms with Crippen LogP contribution < -0.4 is 0 Å². The van der Waals surface area contributed by atoms with Gasteiger partial charge >= 0.3 is 0 Å². The summed E-state index contributed by atoms with van der Waals surface area (Å²) in [5, 5.41) is 22.4. The summed E-state index contributed by atoms with van der Waals surface area (Å²) in [4.78, 5) is 21.6. The van der Waals surface area contributed by atoms with Gasteiger partial charge in [-0.1, -0.05) is 31.2 Å². The summed E-state index contributed by atoms with van der Waals surface area (Å²) >= 11 is 0. The molecular formula is C15H12N2O4. The molecule has 0 heterocycles. The molecule has 3 rings (SSSR count). The van der Waals surface area contributed by atoms with E-state index in [0.29, 0.717) is 17.5 Å². The number of hydrogen-bond acceptors (Lipinski definition) is 4. The van der Waals surface area contributed by atoms with Crippen molar-refractivity contribution in [3.63, 3.8) is 0 Å². The van der Waals surface area contributed by atoms with Gasteiger partial charge in [-0.2, -0.15) is 0 Å². The van der Waals surface area contributed by atoms with E-state index in [2.05, 4.69) is 0 Å². The van der Waals surface area contributed by atoms with Crippen molar-refractivity contribution in [1.82, 2.24) is 0 Å². The van der Waals surface area contributed by atoms with Crippen molar-refractivity contribution in [2.45, 2.75) is 19.3 Å². The number of fused-ring (bicyclic) bond motifs is 2. The molecule has 0 atom stereocenters. The summed E-state index contributed by atoms with van der Waals surface area (Å²) in [6, 6.07) is 9.92. The molecule has 0 amide bonds. The topological polar surface area (TPSA) is 86.3 Å². The molecule has 6 heteroatoms. The van der Waals surface area contributed by atoms with Crippen molar-refractivity contribution >= 4 is 11.4 Å². The Morgan fingerprint density at radius 1 is 0.905 bits per heavy atom. The van der Waals surface area contributed by atoms with Gasteiger partial charge in [-0.15, -0.1) is 0 Å². The van der Waals surface area contributed by atoms with E-state index in [1.54, 1.807) is 19.1 Å². The molecule has 0 spiro atoms. The van der Waals surface area contributed by atoms with Gasteiger partial charge in [0.25, 0.3) is 11.4 Å². The predicted molar refractivity (Wildman–Crippen MR) is 76.5 cm³/mol. The van der Waals surface area contributed by atoms with E-state index in [1.807, 2.05) is 12.1 Å². The highest BCUT2D eigenvalue weighted by molar-refractivity contribution is 5.62. The second-order valence-electron chi connectivity index (χ2n) is 5.11. The van der Waals surface area contributed by atoms with E-state index >= 15 is 0 Å². The average Bonchev–Trinajstić information content (AvgIpc) is 2.45. The highest BCUT2D eigenvalue weighted by Crippen LogP contribution is 2.44. The van der Waals surface area contributed by atoms with E-state index in [9.17, 15) is 20.2 Å². The standard InChI is InChI=1S/C15H12N2O4/c1-9-14-10(4-2-6-12(14)16(18)19)8-11-5-3-7-13(15(9)11)17(20)21/h2-7,9H,8H2,1H3. The lowest BCUT2D eigenvalue weighted by molar-refractivity contribution is -0.386. The Kier molecular flexibility index (Phi) is 2.94. The van der Waals surface area contributed by atoms with Crippen LogP contribution in [0.2, 0.25) is 0 Å². The van der Waals surface area contributed by atoms with Crippen molar-refractivity contribution < 1.29 is 9.85 Å². The lowest BCUT2D eigenvalue weighted by atomic mass is 9.77. The third-order valence-corrected chi connectivity index (χ3v) is 3.99. The Morgan fingerprint density at radius 2 is 1.33 bits per heavy atom. The lowest BCUT2D eigenvalue weighted by Crippen LogP contribution is -2.15. The number of nitrogens with zero attached hydrogens (tertiary/aromatic N) is 2. The van der Waals surface area contributed by atoms with Crippen LogP contribution in [0.3, 0.4) is 0 Å². The van der Waals surface area contributed by atoms with Crippen molar-refractivity contribution in [1.29, 1.82) is 0 Å². The molecule has 0 N–H and O–H groups in total. The third kappa shape index (κ3) is 1.96. The van der Waals surface area contributed by atoms with Gasteiger partial charge in [-0.25, -0.2) is 0 Å². The Morgan fingerprint density at radius 3 is 1.71 bits per heavy atom. The highest BCUT2D eigenvalue weighted by atomic mass is 16.6. The number of nitro groups is 2. The Balaban J connectivity index is 2.27. The minimum atomic E-state index is -0.422. The van der Waals surface area contributed by atoms with Crippen LogP contribution in [0.5, 0.6) is 0 Å². The Bertz CT molecular complexity index is 707. The predicted octanol–water partition coefficient (Wildman–Crippen LogP) is 3.56. The molecule has 21 heavy (non-hydrogen) atoms. The van der Waals surface area contributed by atoms with E-state index in [-0.39, 0.29) is 17.3 Å². The lowest BCUT2D eigenvalue weighted by Gasteiger charge is -2.25. The van der Waals surface area contributed by atoms with Gasteiger partial charge in [-0.3, -0.25) is 20.2 Å². The van der Waals surface area contributed by atoms with Gasteiger partial charge in [0, 0.05) is 29.2 Å². The summed E-state index contributed by atoms with van der Waals surface area (Å²) in [5.41, 5.74) is 2.97. The quantitative estimate of drug-likeness (QED) is 0.623. The van der Waals surface area contributed by atoms with E-state index in [1.165, 1.54) is 12.1 Å². The molecule has 1 aliphatic carbocycles. The summed E-state index contributed by atoms with van der Waals surface area (Å²) < 4.78 is 0. The van der Waals surface area contributed by atoms with Crippen LogP contribution in [0, 0.1) is 20.2 Å². The summed E-state index contributed by atoms with van der Waals surface area (Å²) in [6.07, 6.45) is 0.484. The highest BCUT2D eigenvalue weighted by Gasteiger charge is 2.33. The number of nitro benzene ring substituents is 2. The molecule has 0 aromatic heterocycles. The molecule has 0 bridgehead atoms. The van der Waals surface area contributed by atoms with Gasteiger partial charge in [0.1, 0.15) is 0 Å². The third-order valence-electron chi connectivity index (χ3n) is 3.99. The maximum atomic E-state index is 11.2. The fourth-order valence-corrected chi connectivity index (χ4v) is 3.18. The van der Waals surface area contributed by atoms with Gasteiger partial charge in [0.2, 0.25) is 0 Å². The van der Waals surface area contributed by atoms with Crippen LogP contribution in [0.1, 0.15) is 35.1 Å². The molecule has 1 aliphatic rings. The largest absolute Gasteiger partial charge is 0.273 e. The second kappa shape index (κ2) is 4.66. The zero-order valence-electron chi connectivity index (χ0n) is 11.3. The van der Waals surface area contributed by atoms with Crippen LogP contribution in [0.25, 0.3) is 0 Å². The first-order valence-corrected chi connectivity index (χ1v) is 6.53. The zero-order chi connectivity index (χ0) is 15.1. The van der Waals surface area contributed by atoms with Crippen molar-refractivity contribution in [3.05, 3.63) is 78.9 Å². The molecule has 0 saturated heterocycles. The SMILES string of the molecule is CC1c2c(cccc2[N+](=O)[O-])Cc2cccc([N+](=O)[O-])c21. The number of rotatable bonds is 2. The zero-order valence-corrected chi connectivity index (χ0v) is 11.3. The van der Waals surface area contributed by atoms with Crippen molar-refractivity contribution in [2.24, 2.45) is 0 Å². The first-order chi connectivity index (χ1) is 10.0. The number of benzene rings is 2. The average molecular weight is 284 g/mol.